The van der Waals surface area contributed by atoms with Crippen LogP contribution in [0, 0.1) is 6.92 Å². The first-order valence-electron chi connectivity index (χ1n) is 9.37. The Hall–Kier alpha value is -1.57. The van der Waals surface area contributed by atoms with E-state index >= 15 is 0 Å². The molecule has 1 aliphatic heterocycles. The lowest BCUT2D eigenvalue weighted by Crippen LogP contribution is -2.36. The minimum absolute atomic E-state index is 0.242. The number of thioether (sulfide) groups is 1. The zero-order valence-electron chi connectivity index (χ0n) is 15.8. The maximum atomic E-state index is 12.5. The second-order valence-corrected chi connectivity index (χ2v) is 8.75. The Bertz CT molecular complexity index is 708. The lowest BCUT2D eigenvalue weighted by Gasteiger charge is -2.21. The predicted octanol–water partition coefficient (Wildman–Crippen LogP) is 3.30. The van der Waals surface area contributed by atoms with Crippen LogP contribution in [-0.4, -0.2) is 65.0 Å². The van der Waals surface area contributed by atoms with E-state index in [4.69, 9.17) is 4.74 Å². The van der Waals surface area contributed by atoms with E-state index in [0.717, 1.165) is 61.3 Å². The number of carbonyl (C=O) groups excluding carboxylic acids is 1. The van der Waals surface area contributed by atoms with Crippen molar-refractivity contribution in [3.05, 3.63) is 46.4 Å². The molecule has 1 aromatic carbocycles. The molecule has 0 unspecified atom stereocenters. The third-order valence-corrected chi connectivity index (χ3v) is 6.19. The summed E-state index contributed by atoms with van der Waals surface area (Å²) < 4.78 is 5.67. The fraction of sp³-hybridized carbons (Fsp3) is 0.500. The quantitative estimate of drug-likeness (QED) is 0.631. The molecule has 3 rings (SSSR count). The number of amides is 1. The van der Waals surface area contributed by atoms with Gasteiger partial charge >= 0.3 is 0 Å². The van der Waals surface area contributed by atoms with Crippen LogP contribution in [0.5, 0.6) is 5.75 Å². The van der Waals surface area contributed by atoms with Crippen molar-refractivity contribution in [2.75, 3.05) is 44.3 Å². The smallest absolute Gasteiger partial charge is 0.232 e. The standard InChI is InChI=1S/C20H27N3O2S2/c1-17-21-18(15-27-17)14-22-8-5-9-23(11-10-22)20(24)16-26-13-12-25-19-6-3-2-4-7-19/h2-4,6-7,15H,5,8-14,16H2,1H3. The van der Waals surface area contributed by atoms with Crippen LogP contribution >= 0.6 is 23.1 Å². The number of para-hydroxylation sites is 1. The molecule has 1 aliphatic rings. The highest BCUT2D eigenvalue weighted by atomic mass is 32.2. The molecule has 146 valence electrons. The summed E-state index contributed by atoms with van der Waals surface area (Å²) in [6.45, 7) is 7.17. The molecule has 0 saturated carbocycles. The van der Waals surface area contributed by atoms with Crippen LogP contribution in [-0.2, 0) is 11.3 Å². The number of hydrogen-bond acceptors (Lipinski definition) is 6. The van der Waals surface area contributed by atoms with Gasteiger partial charge in [0.15, 0.2) is 0 Å². The van der Waals surface area contributed by atoms with Crippen molar-refractivity contribution in [2.45, 2.75) is 19.9 Å². The van der Waals surface area contributed by atoms with Gasteiger partial charge in [-0.15, -0.1) is 23.1 Å². The van der Waals surface area contributed by atoms with Gasteiger partial charge in [-0.2, -0.15) is 0 Å². The third-order valence-electron chi connectivity index (χ3n) is 4.46. The van der Waals surface area contributed by atoms with Gasteiger partial charge in [0.1, 0.15) is 5.75 Å². The van der Waals surface area contributed by atoms with E-state index in [1.807, 2.05) is 42.2 Å². The van der Waals surface area contributed by atoms with Crippen LogP contribution in [0.4, 0.5) is 0 Å². The highest BCUT2D eigenvalue weighted by molar-refractivity contribution is 7.99. The van der Waals surface area contributed by atoms with Crippen LogP contribution in [0.2, 0.25) is 0 Å². The lowest BCUT2D eigenvalue weighted by molar-refractivity contribution is -0.128. The summed E-state index contributed by atoms with van der Waals surface area (Å²) in [5.74, 6) is 2.48. The Morgan fingerprint density at radius 1 is 1.22 bits per heavy atom. The first-order valence-corrected chi connectivity index (χ1v) is 11.4. The van der Waals surface area contributed by atoms with E-state index in [2.05, 4.69) is 15.3 Å². The van der Waals surface area contributed by atoms with E-state index < -0.39 is 0 Å². The molecule has 0 atom stereocenters. The second-order valence-electron chi connectivity index (χ2n) is 6.58. The topological polar surface area (TPSA) is 45.7 Å². The number of thiazole rings is 1. The number of aryl methyl sites for hydroxylation is 1. The van der Waals surface area contributed by atoms with Crippen molar-refractivity contribution in [2.24, 2.45) is 0 Å². The van der Waals surface area contributed by atoms with Gasteiger partial charge in [-0.3, -0.25) is 9.69 Å². The maximum absolute atomic E-state index is 12.5. The zero-order valence-corrected chi connectivity index (χ0v) is 17.4. The molecule has 1 fully saturated rings. The average molecular weight is 406 g/mol. The molecule has 0 bridgehead atoms. The maximum Gasteiger partial charge on any atom is 0.232 e. The second kappa shape index (κ2) is 10.7. The van der Waals surface area contributed by atoms with E-state index in [0.29, 0.717) is 12.4 Å². The third kappa shape index (κ3) is 6.83. The van der Waals surface area contributed by atoms with Gasteiger partial charge in [0.25, 0.3) is 0 Å². The lowest BCUT2D eigenvalue weighted by atomic mass is 10.3. The SMILES string of the molecule is Cc1nc(CN2CCCN(C(=O)CSCCOc3ccccc3)CC2)cs1. The Kier molecular flexibility index (Phi) is 7.98. The molecule has 5 nitrogen and oxygen atoms in total. The Labute approximate surface area is 169 Å². The zero-order chi connectivity index (χ0) is 18.9. The van der Waals surface area contributed by atoms with Gasteiger partial charge in [-0.05, 0) is 25.5 Å². The van der Waals surface area contributed by atoms with Crippen LogP contribution in [0.3, 0.4) is 0 Å². The van der Waals surface area contributed by atoms with Crippen molar-refractivity contribution in [1.82, 2.24) is 14.8 Å². The van der Waals surface area contributed by atoms with Gasteiger partial charge in [0.2, 0.25) is 5.91 Å². The monoisotopic (exact) mass is 405 g/mol. The number of carbonyl (C=O) groups is 1. The van der Waals surface area contributed by atoms with Gasteiger partial charge < -0.3 is 9.64 Å². The average Bonchev–Trinajstić information content (AvgIpc) is 2.94. The van der Waals surface area contributed by atoms with Crippen molar-refractivity contribution in [1.29, 1.82) is 0 Å². The summed E-state index contributed by atoms with van der Waals surface area (Å²) >= 11 is 3.35. The molecule has 1 amide bonds. The van der Waals surface area contributed by atoms with Crippen molar-refractivity contribution in [3.8, 4) is 5.75 Å². The van der Waals surface area contributed by atoms with E-state index in [9.17, 15) is 4.79 Å². The predicted molar refractivity (Wildman–Crippen MR) is 113 cm³/mol. The summed E-state index contributed by atoms with van der Waals surface area (Å²) in [4.78, 5) is 21.5. The summed E-state index contributed by atoms with van der Waals surface area (Å²) in [6.07, 6.45) is 1.02. The minimum atomic E-state index is 0.242. The van der Waals surface area contributed by atoms with Gasteiger partial charge in [0, 0.05) is 43.9 Å². The number of nitrogens with zero attached hydrogens (tertiary/aromatic N) is 3. The molecular weight excluding hydrogens is 378 g/mol. The largest absolute Gasteiger partial charge is 0.493 e. The Balaban J connectivity index is 1.33. The fourth-order valence-electron chi connectivity index (χ4n) is 3.07. The van der Waals surface area contributed by atoms with Gasteiger partial charge in [-0.25, -0.2) is 4.98 Å². The van der Waals surface area contributed by atoms with Gasteiger partial charge in [0.05, 0.1) is 23.1 Å². The molecule has 0 spiro atoms. The summed E-state index contributed by atoms with van der Waals surface area (Å²) in [5, 5.41) is 3.25. The van der Waals surface area contributed by atoms with Crippen molar-refractivity contribution < 1.29 is 9.53 Å². The summed E-state index contributed by atoms with van der Waals surface area (Å²) in [5.41, 5.74) is 1.14. The summed E-state index contributed by atoms with van der Waals surface area (Å²) in [6, 6.07) is 9.80. The molecule has 0 N–H and O–H groups in total. The Morgan fingerprint density at radius 3 is 2.85 bits per heavy atom. The van der Waals surface area contributed by atoms with Crippen LogP contribution < -0.4 is 4.74 Å². The molecule has 0 aliphatic carbocycles. The van der Waals surface area contributed by atoms with Crippen LogP contribution in [0.15, 0.2) is 35.7 Å². The fourth-order valence-corrected chi connectivity index (χ4v) is 4.38. The molecule has 1 aromatic heterocycles. The number of hydrogen-bond donors (Lipinski definition) is 0. The number of ether oxygens (including phenoxy) is 1. The van der Waals surface area contributed by atoms with E-state index in [1.54, 1.807) is 23.1 Å². The number of rotatable bonds is 8. The Morgan fingerprint density at radius 2 is 2.07 bits per heavy atom. The van der Waals surface area contributed by atoms with Crippen molar-refractivity contribution in [3.63, 3.8) is 0 Å². The summed E-state index contributed by atoms with van der Waals surface area (Å²) in [7, 11) is 0. The van der Waals surface area contributed by atoms with Crippen molar-refractivity contribution >= 4 is 29.0 Å². The highest BCUT2D eigenvalue weighted by Crippen LogP contribution is 2.14. The first kappa shape index (κ1) is 20.2. The molecule has 7 heteroatoms. The van der Waals surface area contributed by atoms with Gasteiger partial charge in [-0.1, -0.05) is 18.2 Å². The van der Waals surface area contributed by atoms with E-state index in [-0.39, 0.29) is 5.91 Å². The normalized spacial score (nSPS) is 15.5. The molecule has 2 aromatic rings. The molecular formula is C20H27N3O2S2. The van der Waals surface area contributed by atoms with Crippen LogP contribution in [0.1, 0.15) is 17.1 Å². The van der Waals surface area contributed by atoms with Crippen LogP contribution in [0.25, 0.3) is 0 Å². The molecule has 1 saturated heterocycles. The minimum Gasteiger partial charge on any atom is -0.493 e. The number of benzene rings is 1. The molecule has 27 heavy (non-hydrogen) atoms. The highest BCUT2D eigenvalue weighted by Gasteiger charge is 2.19. The molecule has 0 radical (unpaired) electrons. The first-order chi connectivity index (χ1) is 13.2. The van der Waals surface area contributed by atoms with E-state index in [1.165, 1.54) is 0 Å². The molecule has 2 heterocycles. The number of aromatic nitrogens is 1.